The fourth-order valence-electron chi connectivity index (χ4n) is 3.83. The number of rotatable bonds is 2. The van der Waals surface area contributed by atoms with Crippen LogP contribution in [0.15, 0.2) is 18.2 Å². The maximum absolute atomic E-state index is 3.51. The van der Waals surface area contributed by atoms with Crippen LogP contribution in [0.2, 0.25) is 0 Å². The van der Waals surface area contributed by atoms with Gasteiger partial charge in [-0.05, 0) is 67.1 Å². The Morgan fingerprint density at radius 1 is 1.16 bits per heavy atom. The summed E-state index contributed by atoms with van der Waals surface area (Å²) in [4.78, 5) is 0. The average molecular weight is 257 g/mol. The molecule has 2 aliphatic rings. The van der Waals surface area contributed by atoms with Gasteiger partial charge >= 0.3 is 0 Å². The minimum atomic E-state index is 0.915. The van der Waals surface area contributed by atoms with Crippen LogP contribution in [-0.4, -0.2) is 6.54 Å². The van der Waals surface area contributed by atoms with Crippen LogP contribution in [0.25, 0.3) is 0 Å². The molecule has 1 fully saturated rings. The summed E-state index contributed by atoms with van der Waals surface area (Å²) in [5, 5.41) is 3.51. The molecule has 1 aliphatic heterocycles. The highest BCUT2D eigenvalue weighted by molar-refractivity contribution is 5.54. The number of benzene rings is 1. The number of nitrogens with one attached hydrogen (secondary N) is 1. The summed E-state index contributed by atoms with van der Waals surface area (Å²) in [6.07, 6.45) is 8.13. The fraction of sp³-hybridized carbons (Fsp3) is 0.667. The molecule has 1 saturated carbocycles. The van der Waals surface area contributed by atoms with Gasteiger partial charge < -0.3 is 5.32 Å². The van der Waals surface area contributed by atoms with Gasteiger partial charge in [-0.25, -0.2) is 0 Å². The smallest absolute Gasteiger partial charge is 0.0372 e. The second kappa shape index (κ2) is 5.56. The van der Waals surface area contributed by atoms with Crippen LogP contribution in [0.4, 0.5) is 5.69 Å². The third kappa shape index (κ3) is 2.96. The Balaban J connectivity index is 1.66. The van der Waals surface area contributed by atoms with Crippen molar-refractivity contribution in [2.75, 3.05) is 11.9 Å². The maximum atomic E-state index is 3.51. The summed E-state index contributed by atoms with van der Waals surface area (Å²) in [7, 11) is 0. The van der Waals surface area contributed by atoms with Gasteiger partial charge in [0.1, 0.15) is 0 Å². The molecule has 1 aromatic carbocycles. The number of anilines is 1. The average Bonchev–Trinajstić information content (AvgIpc) is 2.43. The molecule has 3 rings (SSSR count). The first-order valence-corrected chi connectivity index (χ1v) is 8.08. The van der Waals surface area contributed by atoms with Crippen LogP contribution < -0.4 is 5.32 Å². The SMILES string of the molecule is CC1CCC(Cc2ccc3c(c2)CCCN3)CC1C. The molecule has 104 valence electrons. The van der Waals surface area contributed by atoms with Crippen molar-refractivity contribution in [1.29, 1.82) is 0 Å². The first-order chi connectivity index (χ1) is 9.22. The van der Waals surface area contributed by atoms with Gasteiger partial charge in [0.05, 0.1) is 0 Å². The number of aryl methyl sites for hydroxylation is 1. The topological polar surface area (TPSA) is 12.0 Å². The molecule has 1 N–H and O–H groups in total. The van der Waals surface area contributed by atoms with E-state index in [4.69, 9.17) is 0 Å². The standard InChI is InChI=1S/C18H27N/c1-13-5-6-15(10-14(13)2)11-16-7-8-18-17(12-16)4-3-9-19-18/h7-8,12-15,19H,3-6,9-11H2,1-2H3. The van der Waals surface area contributed by atoms with Gasteiger partial charge in [0.2, 0.25) is 0 Å². The monoisotopic (exact) mass is 257 g/mol. The lowest BCUT2D eigenvalue weighted by Crippen LogP contribution is -2.22. The third-order valence-electron chi connectivity index (χ3n) is 5.34. The molecule has 3 atom stereocenters. The molecular formula is C18H27N. The summed E-state index contributed by atoms with van der Waals surface area (Å²) in [5.41, 5.74) is 4.48. The molecule has 0 bridgehead atoms. The molecule has 0 radical (unpaired) electrons. The largest absolute Gasteiger partial charge is 0.385 e. The summed E-state index contributed by atoms with van der Waals surface area (Å²) < 4.78 is 0. The lowest BCUT2D eigenvalue weighted by atomic mass is 9.74. The van der Waals surface area contributed by atoms with E-state index in [0.717, 1.165) is 24.3 Å². The van der Waals surface area contributed by atoms with Gasteiger partial charge in [-0.3, -0.25) is 0 Å². The van der Waals surface area contributed by atoms with E-state index in [1.165, 1.54) is 44.2 Å². The molecule has 0 saturated heterocycles. The van der Waals surface area contributed by atoms with E-state index in [2.05, 4.69) is 37.4 Å². The van der Waals surface area contributed by atoms with Crippen molar-refractivity contribution < 1.29 is 0 Å². The quantitative estimate of drug-likeness (QED) is 0.812. The van der Waals surface area contributed by atoms with Crippen molar-refractivity contribution in [1.82, 2.24) is 0 Å². The maximum Gasteiger partial charge on any atom is 0.0372 e. The molecule has 0 spiro atoms. The predicted molar refractivity (Wildman–Crippen MR) is 82.6 cm³/mol. The number of hydrogen-bond donors (Lipinski definition) is 1. The molecule has 0 aromatic heterocycles. The molecule has 19 heavy (non-hydrogen) atoms. The Morgan fingerprint density at radius 3 is 2.89 bits per heavy atom. The normalized spacial score (nSPS) is 30.5. The van der Waals surface area contributed by atoms with E-state index in [1.54, 1.807) is 11.1 Å². The van der Waals surface area contributed by atoms with Crippen LogP contribution in [-0.2, 0) is 12.8 Å². The Bertz CT molecular complexity index is 437. The zero-order valence-corrected chi connectivity index (χ0v) is 12.4. The van der Waals surface area contributed by atoms with Gasteiger partial charge in [-0.2, -0.15) is 0 Å². The first-order valence-electron chi connectivity index (χ1n) is 8.08. The summed E-state index contributed by atoms with van der Waals surface area (Å²) >= 11 is 0. The minimum absolute atomic E-state index is 0.915. The first kappa shape index (κ1) is 13.0. The highest BCUT2D eigenvalue weighted by Gasteiger charge is 2.24. The van der Waals surface area contributed by atoms with Crippen LogP contribution in [0.1, 0.15) is 50.7 Å². The zero-order chi connectivity index (χ0) is 13.2. The number of fused-ring (bicyclic) bond motifs is 1. The van der Waals surface area contributed by atoms with E-state index in [1.807, 2.05) is 0 Å². The lowest BCUT2D eigenvalue weighted by Gasteiger charge is -2.32. The Kier molecular flexibility index (Phi) is 3.81. The van der Waals surface area contributed by atoms with Gasteiger partial charge in [0.25, 0.3) is 0 Å². The highest BCUT2D eigenvalue weighted by atomic mass is 14.9. The van der Waals surface area contributed by atoms with E-state index >= 15 is 0 Å². The Morgan fingerprint density at radius 2 is 2.05 bits per heavy atom. The van der Waals surface area contributed by atoms with Crippen LogP contribution >= 0.6 is 0 Å². The fourth-order valence-corrected chi connectivity index (χ4v) is 3.83. The highest BCUT2D eigenvalue weighted by Crippen LogP contribution is 2.35. The third-order valence-corrected chi connectivity index (χ3v) is 5.34. The van der Waals surface area contributed by atoms with Gasteiger partial charge in [-0.1, -0.05) is 32.4 Å². The van der Waals surface area contributed by atoms with Crippen LogP contribution in [0, 0.1) is 17.8 Å². The van der Waals surface area contributed by atoms with Crippen molar-refractivity contribution in [2.24, 2.45) is 17.8 Å². The molecule has 0 amide bonds. The molecular weight excluding hydrogens is 230 g/mol. The zero-order valence-electron chi connectivity index (χ0n) is 12.4. The van der Waals surface area contributed by atoms with Gasteiger partial charge in [-0.15, -0.1) is 0 Å². The molecule has 1 heteroatoms. The van der Waals surface area contributed by atoms with E-state index in [0.29, 0.717) is 0 Å². The Hall–Kier alpha value is -0.980. The van der Waals surface area contributed by atoms with E-state index in [-0.39, 0.29) is 0 Å². The van der Waals surface area contributed by atoms with Crippen LogP contribution in [0.5, 0.6) is 0 Å². The van der Waals surface area contributed by atoms with E-state index < -0.39 is 0 Å². The second-order valence-electron chi connectivity index (χ2n) is 6.86. The van der Waals surface area contributed by atoms with Gasteiger partial charge in [0.15, 0.2) is 0 Å². The van der Waals surface area contributed by atoms with E-state index in [9.17, 15) is 0 Å². The molecule has 1 heterocycles. The Labute approximate surface area is 117 Å². The van der Waals surface area contributed by atoms with Crippen molar-refractivity contribution in [3.63, 3.8) is 0 Å². The lowest BCUT2D eigenvalue weighted by molar-refractivity contribution is 0.207. The molecule has 3 unspecified atom stereocenters. The second-order valence-corrected chi connectivity index (χ2v) is 6.86. The van der Waals surface area contributed by atoms with Crippen LogP contribution in [0.3, 0.4) is 0 Å². The number of hydrogen-bond acceptors (Lipinski definition) is 1. The summed E-state index contributed by atoms with van der Waals surface area (Å²) in [5.74, 6) is 2.77. The van der Waals surface area contributed by atoms with Crippen molar-refractivity contribution >= 4 is 5.69 Å². The molecule has 1 nitrogen and oxygen atoms in total. The van der Waals surface area contributed by atoms with Crippen molar-refractivity contribution in [2.45, 2.75) is 52.4 Å². The molecule has 1 aliphatic carbocycles. The van der Waals surface area contributed by atoms with Crippen molar-refractivity contribution in [3.05, 3.63) is 29.3 Å². The summed E-state index contributed by atoms with van der Waals surface area (Å²) in [6, 6.07) is 7.11. The minimum Gasteiger partial charge on any atom is -0.385 e. The van der Waals surface area contributed by atoms with Gasteiger partial charge in [0, 0.05) is 12.2 Å². The summed E-state index contributed by atoms with van der Waals surface area (Å²) in [6.45, 7) is 6.00. The predicted octanol–water partition coefficient (Wildman–Crippen LogP) is 4.66. The van der Waals surface area contributed by atoms with Crippen molar-refractivity contribution in [3.8, 4) is 0 Å². The molecule has 1 aromatic rings.